The Balaban J connectivity index is 1.53. The molecule has 10 heteroatoms. The van der Waals surface area contributed by atoms with E-state index < -0.39 is 29.5 Å². The van der Waals surface area contributed by atoms with Gasteiger partial charge in [-0.05, 0) is 64.8 Å². The first-order chi connectivity index (χ1) is 18.3. The number of nitrogens with zero attached hydrogens (tertiary/aromatic N) is 1. The Labute approximate surface area is 225 Å². The summed E-state index contributed by atoms with van der Waals surface area (Å²) < 4.78 is 58.0. The van der Waals surface area contributed by atoms with Crippen LogP contribution in [0.1, 0.15) is 73.9 Å². The molecule has 3 aromatic rings. The van der Waals surface area contributed by atoms with Crippen LogP contribution in [0, 0.1) is 6.92 Å². The van der Waals surface area contributed by atoms with Crippen molar-refractivity contribution in [2.24, 2.45) is 0 Å². The van der Waals surface area contributed by atoms with Crippen LogP contribution >= 0.6 is 0 Å². The van der Waals surface area contributed by atoms with Crippen LogP contribution in [0.5, 0.6) is 5.75 Å². The van der Waals surface area contributed by atoms with Gasteiger partial charge in [0.1, 0.15) is 28.8 Å². The van der Waals surface area contributed by atoms with Crippen molar-refractivity contribution in [1.29, 1.82) is 0 Å². The molecule has 1 aliphatic rings. The first-order valence-electron chi connectivity index (χ1n) is 12.9. The second-order valence-electron chi connectivity index (χ2n) is 10.7. The van der Waals surface area contributed by atoms with Gasteiger partial charge in [-0.2, -0.15) is 13.2 Å². The molecule has 0 bridgehead atoms. The van der Waals surface area contributed by atoms with E-state index in [1.54, 1.807) is 63.8 Å². The van der Waals surface area contributed by atoms with Gasteiger partial charge in [-0.3, -0.25) is 4.79 Å². The first kappa shape index (κ1) is 28.3. The van der Waals surface area contributed by atoms with Crippen LogP contribution in [0.25, 0.3) is 11.0 Å². The highest BCUT2D eigenvalue weighted by Gasteiger charge is 2.35. The van der Waals surface area contributed by atoms with E-state index in [0.717, 1.165) is 6.07 Å². The molecule has 210 valence electrons. The van der Waals surface area contributed by atoms with E-state index in [1.807, 2.05) is 0 Å². The molecule has 1 aliphatic heterocycles. The van der Waals surface area contributed by atoms with Gasteiger partial charge in [-0.25, -0.2) is 4.79 Å². The molecule has 0 radical (unpaired) electrons. The van der Waals surface area contributed by atoms with Gasteiger partial charge in [0, 0.05) is 30.1 Å². The second kappa shape index (κ2) is 10.8. The second-order valence-corrected chi connectivity index (χ2v) is 10.7. The Kier molecular flexibility index (Phi) is 7.86. The molecule has 0 saturated carbocycles. The molecule has 0 spiro atoms. The van der Waals surface area contributed by atoms with Crippen LogP contribution in [0.4, 0.5) is 18.0 Å². The number of nitrogens with one attached hydrogen (secondary N) is 1. The summed E-state index contributed by atoms with van der Waals surface area (Å²) in [6.45, 7) is 9.58. The standard InChI is InChI=1S/C29H33F3N2O5/c1-6-23(20-9-7-8-10-22(20)29(30,31)32)38-19-11-12-24-21(15-19)25(17(2)37-24)26(35)33-18-13-14-34(16-18)27(36)39-28(3,4)5/h7-12,15,18,23H,6,13-14,16H2,1-5H3,(H,33,35)/t18-,23?/m0/s1. The number of amides is 2. The lowest BCUT2D eigenvalue weighted by atomic mass is 10.00. The molecule has 1 N–H and O–H groups in total. The number of alkyl halides is 3. The van der Waals surface area contributed by atoms with E-state index in [-0.39, 0.29) is 17.5 Å². The molecule has 0 aliphatic carbocycles. The maximum Gasteiger partial charge on any atom is 0.416 e. The first-order valence-corrected chi connectivity index (χ1v) is 12.9. The molecule has 1 fully saturated rings. The summed E-state index contributed by atoms with van der Waals surface area (Å²) in [6.07, 6.45) is -4.90. The number of halogens is 3. The van der Waals surface area contributed by atoms with Crippen molar-refractivity contribution in [2.45, 2.75) is 71.4 Å². The largest absolute Gasteiger partial charge is 0.486 e. The van der Waals surface area contributed by atoms with Gasteiger partial charge in [0.25, 0.3) is 5.91 Å². The fraction of sp³-hybridized carbons (Fsp3) is 0.448. The predicted molar refractivity (Wildman–Crippen MR) is 140 cm³/mol. The summed E-state index contributed by atoms with van der Waals surface area (Å²) in [5.74, 6) is 0.350. The van der Waals surface area contributed by atoms with E-state index in [2.05, 4.69) is 5.32 Å². The zero-order valence-corrected chi connectivity index (χ0v) is 22.6. The van der Waals surface area contributed by atoms with Gasteiger partial charge in [0.15, 0.2) is 0 Å². The van der Waals surface area contributed by atoms with Gasteiger partial charge in [-0.15, -0.1) is 0 Å². The lowest BCUT2D eigenvalue weighted by molar-refractivity contribution is -0.139. The Morgan fingerprint density at radius 2 is 1.87 bits per heavy atom. The summed E-state index contributed by atoms with van der Waals surface area (Å²) >= 11 is 0. The molecular formula is C29H33F3N2O5. The van der Waals surface area contributed by atoms with E-state index in [9.17, 15) is 22.8 Å². The number of likely N-dealkylation sites (tertiary alicyclic amines) is 1. The monoisotopic (exact) mass is 546 g/mol. The summed E-state index contributed by atoms with van der Waals surface area (Å²) in [5, 5.41) is 3.46. The Morgan fingerprint density at radius 1 is 1.15 bits per heavy atom. The number of aryl methyl sites for hydroxylation is 1. The van der Waals surface area contributed by atoms with Crippen molar-refractivity contribution in [2.75, 3.05) is 13.1 Å². The minimum absolute atomic E-state index is 0.0460. The van der Waals surface area contributed by atoms with Crippen LogP contribution in [0.15, 0.2) is 46.9 Å². The van der Waals surface area contributed by atoms with E-state index >= 15 is 0 Å². The SMILES string of the molecule is CCC(Oc1ccc2oc(C)c(C(=O)N[C@H]3CCN(C(=O)OC(C)(C)C)C3)c2c1)c1ccccc1C(F)(F)F. The third kappa shape index (κ3) is 6.49. The highest BCUT2D eigenvalue weighted by molar-refractivity contribution is 6.07. The Hall–Kier alpha value is -3.69. The molecule has 1 unspecified atom stereocenters. The van der Waals surface area contributed by atoms with Crippen LogP contribution in [0.3, 0.4) is 0 Å². The molecule has 1 aromatic heterocycles. The topological polar surface area (TPSA) is 81.0 Å². The maximum atomic E-state index is 13.6. The zero-order chi connectivity index (χ0) is 28.5. The number of rotatable bonds is 6. The molecule has 4 rings (SSSR count). The van der Waals surface area contributed by atoms with Crippen molar-refractivity contribution in [3.8, 4) is 5.75 Å². The minimum atomic E-state index is -4.51. The van der Waals surface area contributed by atoms with Gasteiger partial charge in [0.2, 0.25) is 0 Å². The number of fused-ring (bicyclic) bond motifs is 1. The molecule has 2 heterocycles. The molecule has 39 heavy (non-hydrogen) atoms. The third-order valence-electron chi connectivity index (χ3n) is 6.50. The smallest absolute Gasteiger partial charge is 0.416 e. The van der Waals surface area contributed by atoms with Gasteiger partial charge in [0.05, 0.1) is 11.1 Å². The molecule has 2 amide bonds. The van der Waals surface area contributed by atoms with Crippen molar-refractivity contribution in [1.82, 2.24) is 10.2 Å². The number of ether oxygens (including phenoxy) is 2. The Bertz CT molecular complexity index is 1360. The highest BCUT2D eigenvalue weighted by Crippen LogP contribution is 2.38. The van der Waals surface area contributed by atoms with Gasteiger partial charge in [-0.1, -0.05) is 25.1 Å². The number of carbonyl (C=O) groups is 2. The molecular weight excluding hydrogens is 513 g/mol. The molecule has 2 atom stereocenters. The van der Waals surface area contributed by atoms with E-state index in [4.69, 9.17) is 13.9 Å². The quantitative estimate of drug-likeness (QED) is 0.359. The normalized spacial score (nSPS) is 16.8. The predicted octanol–water partition coefficient (Wildman–Crippen LogP) is 7.03. The summed E-state index contributed by atoms with van der Waals surface area (Å²) in [6, 6.07) is 9.95. The number of carbonyl (C=O) groups excluding carboxylic acids is 2. The molecule has 7 nitrogen and oxygen atoms in total. The number of hydrogen-bond donors (Lipinski definition) is 1. The number of furan rings is 1. The zero-order valence-electron chi connectivity index (χ0n) is 22.6. The fourth-order valence-electron chi connectivity index (χ4n) is 4.75. The number of benzene rings is 2. The number of hydrogen-bond acceptors (Lipinski definition) is 5. The maximum absolute atomic E-state index is 13.6. The summed E-state index contributed by atoms with van der Waals surface area (Å²) in [5.41, 5.74) is -0.541. The summed E-state index contributed by atoms with van der Waals surface area (Å²) in [4.78, 5) is 27.2. The third-order valence-corrected chi connectivity index (χ3v) is 6.50. The van der Waals surface area contributed by atoms with Crippen LogP contribution in [-0.4, -0.2) is 41.6 Å². The van der Waals surface area contributed by atoms with Crippen LogP contribution in [-0.2, 0) is 10.9 Å². The lowest BCUT2D eigenvalue weighted by Crippen LogP contribution is -2.40. The van der Waals surface area contributed by atoms with E-state index in [0.29, 0.717) is 54.0 Å². The van der Waals surface area contributed by atoms with Gasteiger partial charge < -0.3 is 24.1 Å². The fourth-order valence-corrected chi connectivity index (χ4v) is 4.75. The van der Waals surface area contributed by atoms with Crippen molar-refractivity contribution >= 4 is 23.0 Å². The van der Waals surface area contributed by atoms with Crippen LogP contribution < -0.4 is 10.1 Å². The van der Waals surface area contributed by atoms with Crippen molar-refractivity contribution in [3.63, 3.8) is 0 Å². The van der Waals surface area contributed by atoms with Crippen molar-refractivity contribution in [3.05, 3.63) is 64.9 Å². The van der Waals surface area contributed by atoms with Crippen molar-refractivity contribution < 1.29 is 36.7 Å². The molecule has 2 aromatic carbocycles. The average molecular weight is 547 g/mol. The average Bonchev–Trinajstić information content (AvgIpc) is 3.44. The molecule has 1 saturated heterocycles. The van der Waals surface area contributed by atoms with Crippen LogP contribution in [0.2, 0.25) is 0 Å². The van der Waals surface area contributed by atoms with E-state index in [1.165, 1.54) is 12.1 Å². The summed E-state index contributed by atoms with van der Waals surface area (Å²) in [7, 11) is 0. The highest BCUT2D eigenvalue weighted by atomic mass is 19.4. The minimum Gasteiger partial charge on any atom is -0.486 e. The Morgan fingerprint density at radius 3 is 2.54 bits per heavy atom. The van der Waals surface area contributed by atoms with Gasteiger partial charge >= 0.3 is 12.3 Å². The lowest BCUT2D eigenvalue weighted by Gasteiger charge is -2.24.